The summed E-state index contributed by atoms with van der Waals surface area (Å²) in [5.74, 6) is -0.936. The number of aliphatic carboxylic acids is 1. The molecule has 18 heavy (non-hydrogen) atoms. The molecule has 1 rings (SSSR count). The fraction of sp³-hybridized carbons (Fsp3) is 0.545. The predicted octanol–water partition coefficient (Wildman–Crippen LogP) is 1.98. The zero-order chi connectivity index (χ0) is 14.0. The first-order valence-electron chi connectivity index (χ1n) is 5.43. The minimum atomic E-state index is -3.57. The lowest BCUT2D eigenvalue weighted by molar-refractivity contribution is -0.137. The lowest BCUT2D eigenvalue weighted by Gasteiger charge is -2.24. The minimum absolute atomic E-state index is 0.0704. The van der Waals surface area contributed by atoms with Crippen molar-refractivity contribution in [1.82, 2.24) is 4.72 Å². The Morgan fingerprint density at radius 1 is 1.50 bits per heavy atom. The van der Waals surface area contributed by atoms with Crippen molar-refractivity contribution >= 4 is 27.3 Å². The van der Waals surface area contributed by atoms with E-state index in [4.69, 9.17) is 5.11 Å². The molecule has 2 N–H and O–H groups in total. The van der Waals surface area contributed by atoms with Crippen molar-refractivity contribution in [2.75, 3.05) is 0 Å². The third-order valence-electron chi connectivity index (χ3n) is 2.35. The maximum absolute atomic E-state index is 12.1. The number of carboxylic acid groups (broad SMARTS) is 1. The summed E-state index contributed by atoms with van der Waals surface area (Å²) in [4.78, 5) is 10.5. The smallest absolute Gasteiger partial charge is 0.303 e. The Hall–Kier alpha value is -0.920. The van der Waals surface area contributed by atoms with Crippen molar-refractivity contribution in [3.05, 3.63) is 17.0 Å². The molecule has 0 fully saturated rings. The van der Waals surface area contributed by atoms with Crippen molar-refractivity contribution in [3.8, 4) is 0 Å². The first-order chi connectivity index (χ1) is 8.12. The standard InChI is InChI=1S/C11H17NO4S2/c1-8-6-10(17-7-8)18(15,16)12-11(2,3)5-4-9(13)14/h6-7,12H,4-5H2,1-3H3,(H,13,14). The van der Waals surface area contributed by atoms with Gasteiger partial charge < -0.3 is 5.11 Å². The third-order valence-corrected chi connectivity index (χ3v) is 5.60. The highest BCUT2D eigenvalue weighted by atomic mass is 32.2. The van der Waals surface area contributed by atoms with E-state index in [1.54, 1.807) is 25.3 Å². The molecular formula is C11H17NO4S2. The van der Waals surface area contributed by atoms with Gasteiger partial charge in [0.2, 0.25) is 0 Å². The maximum atomic E-state index is 12.1. The van der Waals surface area contributed by atoms with E-state index in [0.29, 0.717) is 0 Å². The number of hydrogen-bond donors (Lipinski definition) is 2. The van der Waals surface area contributed by atoms with Crippen LogP contribution in [0.15, 0.2) is 15.7 Å². The first kappa shape index (κ1) is 15.1. The Kier molecular flexibility index (Phi) is 4.52. The van der Waals surface area contributed by atoms with Crippen LogP contribution >= 0.6 is 11.3 Å². The molecule has 1 aromatic heterocycles. The molecule has 0 saturated carbocycles. The summed E-state index contributed by atoms with van der Waals surface area (Å²) < 4.78 is 26.9. The van der Waals surface area contributed by atoms with Gasteiger partial charge in [-0.2, -0.15) is 0 Å². The van der Waals surface area contributed by atoms with Crippen molar-refractivity contribution < 1.29 is 18.3 Å². The number of carbonyl (C=O) groups is 1. The molecule has 7 heteroatoms. The highest BCUT2D eigenvalue weighted by molar-refractivity contribution is 7.91. The third kappa shape index (κ3) is 4.40. The average molecular weight is 291 g/mol. The molecule has 0 amide bonds. The molecule has 5 nitrogen and oxygen atoms in total. The zero-order valence-corrected chi connectivity index (χ0v) is 12.2. The van der Waals surface area contributed by atoms with Crippen molar-refractivity contribution in [3.63, 3.8) is 0 Å². The summed E-state index contributed by atoms with van der Waals surface area (Å²) in [6, 6.07) is 1.60. The monoisotopic (exact) mass is 291 g/mol. The summed E-state index contributed by atoms with van der Waals surface area (Å²) in [6.07, 6.45) is 0.172. The predicted molar refractivity (Wildman–Crippen MR) is 70.3 cm³/mol. The van der Waals surface area contributed by atoms with Crippen LogP contribution in [0.2, 0.25) is 0 Å². The van der Waals surface area contributed by atoms with E-state index in [-0.39, 0.29) is 17.1 Å². The largest absolute Gasteiger partial charge is 0.481 e. The number of thiophene rings is 1. The minimum Gasteiger partial charge on any atom is -0.481 e. The van der Waals surface area contributed by atoms with Gasteiger partial charge in [-0.05, 0) is 44.2 Å². The molecule has 0 bridgehead atoms. The van der Waals surface area contributed by atoms with Gasteiger partial charge in [0.05, 0.1) is 0 Å². The topological polar surface area (TPSA) is 83.5 Å². The Bertz CT molecular complexity index is 531. The Morgan fingerprint density at radius 2 is 2.11 bits per heavy atom. The molecule has 0 aliphatic carbocycles. The van der Waals surface area contributed by atoms with Crippen molar-refractivity contribution in [2.24, 2.45) is 0 Å². The van der Waals surface area contributed by atoms with E-state index in [1.165, 1.54) is 0 Å². The quantitative estimate of drug-likeness (QED) is 0.839. The molecule has 0 saturated heterocycles. The van der Waals surface area contributed by atoms with Gasteiger partial charge >= 0.3 is 5.97 Å². The summed E-state index contributed by atoms with van der Waals surface area (Å²) in [5, 5.41) is 10.4. The second kappa shape index (κ2) is 5.38. The van der Waals surface area contributed by atoms with Gasteiger partial charge in [0.15, 0.2) is 0 Å². The summed E-state index contributed by atoms with van der Waals surface area (Å²) in [7, 11) is -3.57. The summed E-state index contributed by atoms with van der Waals surface area (Å²) >= 11 is 1.15. The second-order valence-electron chi connectivity index (χ2n) is 4.83. The van der Waals surface area contributed by atoms with Gasteiger partial charge in [-0.3, -0.25) is 4.79 Å². The molecule has 0 radical (unpaired) electrons. The van der Waals surface area contributed by atoms with Crippen LogP contribution in [-0.4, -0.2) is 25.0 Å². The summed E-state index contributed by atoms with van der Waals surface area (Å²) in [5.41, 5.74) is 0.110. The van der Waals surface area contributed by atoms with Gasteiger partial charge in [0, 0.05) is 12.0 Å². The van der Waals surface area contributed by atoms with Crippen LogP contribution in [-0.2, 0) is 14.8 Å². The second-order valence-corrected chi connectivity index (χ2v) is 7.65. The SMILES string of the molecule is Cc1csc(S(=O)(=O)NC(C)(C)CCC(=O)O)c1. The highest BCUT2D eigenvalue weighted by Crippen LogP contribution is 2.22. The molecular weight excluding hydrogens is 274 g/mol. The van der Waals surface area contributed by atoms with Crippen LogP contribution in [0.3, 0.4) is 0 Å². The molecule has 0 spiro atoms. The lowest BCUT2D eigenvalue weighted by atomic mass is 10.0. The van der Waals surface area contributed by atoms with Gasteiger partial charge in [-0.1, -0.05) is 0 Å². The Morgan fingerprint density at radius 3 is 2.56 bits per heavy atom. The number of sulfonamides is 1. The van der Waals surface area contributed by atoms with E-state index in [2.05, 4.69) is 4.72 Å². The Balaban J connectivity index is 2.79. The molecule has 0 aliphatic rings. The van der Waals surface area contributed by atoms with Crippen molar-refractivity contribution in [2.45, 2.75) is 43.4 Å². The molecule has 1 heterocycles. The number of nitrogens with one attached hydrogen (secondary N) is 1. The number of aryl methyl sites for hydroxylation is 1. The number of hydrogen-bond acceptors (Lipinski definition) is 4. The Labute approximate surface area is 111 Å². The van der Waals surface area contributed by atoms with Gasteiger partial charge in [-0.15, -0.1) is 11.3 Å². The van der Waals surface area contributed by atoms with E-state index in [0.717, 1.165) is 16.9 Å². The van der Waals surface area contributed by atoms with Crippen LogP contribution in [0.25, 0.3) is 0 Å². The summed E-state index contributed by atoms with van der Waals surface area (Å²) in [6.45, 7) is 5.17. The van der Waals surface area contributed by atoms with Crippen LogP contribution in [0.1, 0.15) is 32.3 Å². The number of rotatable bonds is 6. The molecule has 0 unspecified atom stereocenters. The number of carboxylic acids is 1. The lowest BCUT2D eigenvalue weighted by Crippen LogP contribution is -2.43. The molecule has 102 valence electrons. The molecule has 0 aromatic carbocycles. The van der Waals surface area contributed by atoms with Crippen LogP contribution in [0, 0.1) is 6.92 Å². The van der Waals surface area contributed by atoms with Gasteiger partial charge in [-0.25, -0.2) is 13.1 Å². The first-order valence-corrected chi connectivity index (χ1v) is 7.80. The normalized spacial score (nSPS) is 12.6. The fourth-order valence-corrected chi connectivity index (χ4v) is 4.10. The maximum Gasteiger partial charge on any atom is 0.303 e. The van der Waals surface area contributed by atoms with Gasteiger partial charge in [0.25, 0.3) is 10.0 Å². The fourth-order valence-electron chi connectivity index (χ4n) is 1.43. The molecule has 0 aliphatic heterocycles. The van der Waals surface area contributed by atoms with E-state index < -0.39 is 21.5 Å². The highest BCUT2D eigenvalue weighted by Gasteiger charge is 2.27. The van der Waals surface area contributed by atoms with Crippen LogP contribution < -0.4 is 4.72 Å². The average Bonchev–Trinajstić information content (AvgIpc) is 2.61. The van der Waals surface area contributed by atoms with E-state index >= 15 is 0 Å². The zero-order valence-electron chi connectivity index (χ0n) is 10.6. The van der Waals surface area contributed by atoms with E-state index in [1.807, 2.05) is 6.92 Å². The molecule has 0 atom stereocenters. The van der Waals surface area contributed by atoms with Gasteiger partial charge in [0.1, 0.15) is 4.21 Å². The van der Waals surface area contributed by atoms with Crippen molar-refractivity contribution in [1.29, 1.82) is 0 Å². The van der Waals surface area contributed by atoms with Crippen LogP contribution in [0.5, 0.6) is 0 Å². The molecule has 1 aromatic rings. The van der Waals surface area contributed by atoms with E-state index in [9.17, 15) is 13.2 Å². The van der Waals surface area contributed by atoms with Crippen LogP contribution in [0.4, 0.5) is 0 Å².